The fourth-order valence-electron chi connectivity index (χ4n) is 0.253. The van der Waals surface area contributed by atoms with Crippen molar-refractivity contribution < 1.29 is 24.9 Å². The van der Waals surface area contributed by atoms with Crippen LogP contribution in [-0.4, -0.2) is 73.0 Å². The standard InChI is InChI=1S/C4H6O5.Be.Na.3H/c5-2(4(8)9)1-3(6)7;;;;;/h2,5H,1H2,(H,6,7)(H,8,9);;;;;. The summed E-state index contributed by atoms with van der Waals surface area (Å²) in [4.78, 5) is 19.4. The molecule has 5 nitrogen and oxygen atoms in total. The van der Waals surface area contributed by atoms with E-state index in [9.17, 15) is 9.59 Å². The number of carboxylic acid groups (broad SMARTS) is 2. The van der Waals surface area contributed by atoms with Crippen molar-refractivity contribution in [3.05, 3.63) is 0 Å². The first kappa shape index (κ1) is 17.2. The second-order valence-corrected chi connectivity index (χ2v) is 1.45. The number of carboxylic acids is 2. The molecule has 0 aromatic carbocycles. The van der Waals surface area contributed by atoms with Gasteiger partial charge in [0.2, 0.25) is 0 Å². The van der Waals surface area contributed by atoms with Gasteiger partial charge >= 0.3 is 51.6 Å². The Kier molecular flexibility index (Phi) is 12.8. The quantitative estimate of drug-likeness (QED) is 0.401. The Balaban J connectivity index is -0.000000320. The van der Waals surface area contributed by atoms with Crippen molar-refractivity contribution in [1.29, 1.82) is 0 Å². The zero-order valence-electron chi connectivity index (χ0n) is 4.44. The molecule has 0 aliphatic heterocycles. The van der Waals surface area contributed by atoms with Crippen LogP contribution in [0.2, 0.25) is 0 Å². The third-order valence-corrected chi connectivity index (χ3v) is 0.653. The van der Waals surface area contributed by atoms with Crippen LogP contribution in [0.1, 0.15) is 6.42 Å². The van der Waals surface area contributed by atoms with Gasteiger partial charge in [-0.2, -0.15) is 0 Å². The average molecular weight is 169 g/mol. The summed E-state index contributed by atoms with van der Waals surface area (Å²) in [5.74, 6) is -2.85. The number of aliphatic carboxylic acids is 2. The SMILES string of the molecule is O=C(O)CC(O)C(=O)O.[BeH2].[NaH]. The molecule has 11 heavy (non-hydrogen) atoms. The molecule has 1 atom stereocenters. The van der Waals surface area contributed by atoms with Crippen LogP contribution in [0, 0.1) is 0 Å². The first-order valence-corrected chi connectivity index (χ1v) is 2.16. The summed E-state index contributed by atoms with van der Waals surface area (Å²) in [7, 11) is 0. The molecule has 1 unspecified atom stereocenters. The molecule has 0 radical (unpaired) electrons. The zero-order valence-corrected chi connectivity index (χ0v) is 4.44. The van der Waals surface area contributed by atoms with Crippen molar-refractivity contribution in [1.82, 2.24) is 0 Å². The topological polar surface area (TPSA) is 94.8 Å². The van der Waals surface area contributed by atoms with Gasteiger partial charge in [-0.05, 0) is 0 Å². The molecule has 0 saturated heterocycles. The molecule has 58 valence electrons. The van der Waals surface area contributed by atoms with Gasteiger partial charge in [-0.1, -0.05) is 0 Å². The van der Waals surface area contributed by atoms with Crippen molar-refractivity contribution in [2.75, 3.05) is 0 Å². The van der Waals surface area contributed by atoms with Crippen LogP contribution in [0.3, 0.4) is 0 Å². The van der Waals surface area contributed by atoms with Crippen LogP contribution in [0.5, 0.6) is 0 Å². The van der Waals surface area contributed by atoms with E-state index in [1.54, 1.807) is 0 Å². The van der Waals surface area contributed by atoms with E-state index in [-0.39, 0.29) is 39.7 Å². The fraction of sp³-hybridized carbons (Fsp3) is 0.500. The second-order valence-electron chi connectivity index (χ2n) is 1.45. The first-order chi connectivity index (χ1) is 4.04. The van der Waals surface area contributed by atoms with Crippen LogP contribution in [0.25, 0.3) is 0 Å². The predicted molar refractivity (Wildman–Crippen MR) is 41.6 cm³/mol. The minimum absolute atomic E-state index is 0. The fourth-order valence-corrected chi connectivity index (χ4v) is 0.253. The Morgan fingerprint density at radius 1 is 1.27 bits per heavy atom. The van der Waals surface area contributed by atoms with E-state index in [2.05, 4.69) is 0 Å². The molecular formula is C4H9BeNaO5. The van der Waals surface area contributed by atoms with Gasteiger partial charge in [-0.15, -0.1) is 0 Å². The van der Waals surface area contributed by atoms with E-state index in [1.165, 1.54) is 0 Å². The Bertz CT molecular complexity index is 138. The zero-order chi connectivity index (χ0) is 7.44. The van der Waals surface area contributed by atoms with Gasteiger partial charge in [-0.3, -0.25) is 4.79 Å². The monoisotopic (exact) mass is 169 g/mol. The summed E-state index contributed by atoms with van der Waals surface area (Å²) in [6.45, 7) is 0. The molecule has 0 aliphatic rings. The van der Waals surface area contributed by atoms with Crippen molar-refractivity contribution in [2.24, 2.45) is 0 Å². The van der Waals surface area contributed by atoms with E-state index >= 15 is 0 Å². The van der Waals surface area contributed by atoms with E-state index in [0.717, 1.165) is 0 Å². The Morgan fingerprint density at radius 3 is 1.73 bits per heavy atom. The molecule has 0 amide bonds. The molecule has 0 aliphatic carbocycles. The van der Waals surface area contributed by atoms with E-state index in [4.69, 9.17) is 15.3 Å². The van der Waals surface area contributed by atoms with Gasteiger partial charge in [0, 0.05) is 0 Å². The second kappa shape index (κ2) is 8.17. The molecule has 7 heteroatoms. The van der Waals surface area contributed by atoms with Gasteiger partial charge in [0.15, 0.2) is 6.10 Å². The van der Waals surface area contributed by atoms with Gasteiger partial charge in [0.1, 0.15) is 0 Å². The molecular weight excluding hydrogens is 160 g/mol. The van der Waals surface area contributed by atoms with Crippen LogP contribution in [0.4, 0.5) is 0 Å². The molecule has 0 bridgehead atoms. The number of aliphatic hydroxyl groups is 1. The maximum absolute atomic E-state index is 9.72. The molecule has 0 saturated carbocycles. The molecule has 0 heterocycles. The van der Waals surface area contributed by atoms with Crippen LogP contribution < -0.4 is 0 Å². The van der Waals surface area contributed by atoms with Crippen LogP contribution >= 0.6 is 0 Å². The summed E-state index contributed by atoms with van der Waals surface area (Å²) >= 11 is 0. The molecule has 0 fully saturated rings. The summed E-state index contributed by atoms with van der Waals surface area (Å²) < 4.78 is 0. The molecule has 3 N–H and O–H groups in total. The Hall–Kier alpha value is 0.0688. The van der Waals surface area contributed by atoms with Crippen molar-refractivity contribution in [2.45, 2.75) is 12.5 Å². The van der Waals surface area contributed by atoms with Crippen LogP contribution in [0.15, 0.2) is 0 Å². The van der Waals surface area contributed by atoms with E-state index in [0.29, 0.717) is 0 Å². The van der Waals surface area contributed by atoms with Crippen molar-refractivity contribution in [3.63, 3.8) is 0 Å². The molecule has 0 aromatic rings. The number of rotatable bonds is 3. The van der Waals surface area contributed by atoms with Gasteiger partial charge < -0.3 is 15.3 Å². The summed E-state index contributed by atoms with van der Waals surface area (Å²) in [5.41, 5.74) is 0. The van der Waals surface area contributed by atoms with Gasteiger partial charge in [-0.25, -0.2) is 4.79 Å². The molecule has 0 aromatic heterocycles. The number of carbonyl (C=O) groups is 2. The molecule has 0 rings (SSSR count). The summed E-state index contributed by atoms with van der Waals surface area (Å²) in [6, 6.07) is 0. The van der Waals surface area contributed by atoms with Crippen molar-refractivity contribution in [3.8, 4) is 0 Å². The number of aliphatic hydroxyl groups excluding tert-OH is 1. The van der Waals surface area contributed by atoms with Gasteiger partial charge in [0.05, 0.1) is 6.42 Å². The first-order valence-electron chi connectivity index (χ1n) is 2.16. The summed E-state index contributed by atoms with van der Waals surface area (Å²) in [6.07, 6.45) is -2.54. The minimum atomic E-state index is -1.79. The maximum atomic E-state index is 9.72. The Labute approximate surface area is 88.9 Å². The van der Waals surface area contributed by atoms with E-state index < -0.39 is 24.5 Å². The Morgan fingerprint density at radius 2 is 1.64 bits per heavy atom. The normalized spacial score (nSPS) is 10.3. The molecule has 0 spiro atoms. The van der Waals surface area contributed by atoms with E-state index in [1.807, 2.05) is 0 Å². The summed E-state index contributed by atoms with van der Waals surface area (Å²) in [5, 5.41) is 24.1. The number of hydrogen-bond acceptors (Lipinski definition) is 3. The average Bonchev–Trinajstić information content (AvgIpc) is 1.63. The van der Waals surface area contributed by atoms with Crippen molar-refractivity contribution >= 4 is 51.6 Å². The predicted octanol–water partition coefficient (Wildman–Crippen LogP) is -2.66. The van der Waals surface area contributed by atoms with Gasteiger partial charge in [0.25, 0.3) is 0 Å². The third-order valence-electron chi connectivity index (χ3n) is 0.653. The number of hydrogen-bond donors (Lipinski definition) is 3. The third kappa shape index (κ3) is 10.1. The van der Waals surface area contributed by atoms with Crippen LogP contribution in [-0.2, 0) is 9.59 Å².